The van der Waals surface area contributed by atoms with Crippen molar-refractivity contribution in [3.8, 4) is 86.7 Å². The molecule has 0 aliphatic rings. The highest BCUT2D eigenvalue weighted by Gasteiger charge is 2.36. The van der Waals surface area contributed by atoms with Gasteiger partial charge in [-0.2, -0.15) is 26.3 Å². The highest BCUT2D eigenvalue weighted by atomic mass is 15.1. The van der Waals surface area contributed by atoms with E-state index < -0.39 is 0 Å². The van der Waals surface area contributed by atoms with Gasteiger partial charge in [-0.3, -0.25) is 0 Å². The minimum absolute atomic E-state index is 0.309. The summed E-state index contributed by atoms with van der Waals surface area (Å²) in [6.45, 7) is 0. The maximum atomic E-state index is 13.1. The first-order chi connectivity index (χ1) is 42.5. The van der Waals surface area contributed by atoms with Crippen molar-refractivity contribution < 1.29 is 0 Å². The summed E-state index contributed by atoms with van der Waals surface area (Å²) in [5.41, 5.74) is 15.5. The summed E-state index contributed by atoms with van der Waals surface area (Å²) in [5.74, 6) is 0. The maximum Gasteiger partial charge on any atom is 0.104 e. The van der Waals surface area contributed by atoms with Crippen LogP contribution in [0.2, 0.25) is 0 Å². The van der Waals surface area contributed by atoms with Crippen molar-refractivity contribution in [3.05, 3.63) is 270 Å². The molecule has 0 aliphatic heterocycles. The fraction of sp³-hybridized carbons (Fsp3) is 0. The van der Waals surface area contributed by atoms with Crippen LogP contribution in [-0.2, 0) is 0 Å². The number of nitriles is 5. The summed E-state index contributed by atoms with van der Waals surface area (Å²) in [4.78, 5) is 5.48. The quantitative estimate of drug-likeness (QED) is 0.155. The van der Waals surface area contributed by atoms with Gasteiger partial charge >= 0.3 is 0 Å². The fourth-order valence-electron chi connectivity index (χ4n) is 13.3. The van der Waals surface area contributed by atoms with E-state index in [1.165, 1.54) is 0 Å². The Hall–Kier alpha value is -12.8. The van der Waals surface area contributed by atoms with E-state index in [0.29, 0.717) is 67.5 Å². The van der Waals surface area contributed by atoms with Gasteiger partial charge in [0.15, 0.2) is 0 Å². The third-order valence-electron chi connectivity index (χ3n) is 16.9. The van der Waals surface area contributed by atoms with Gasteiger partial charge in [0, 0.05) is 59.8 Å². The van der Waals surface area contributed by atoms with Crippen LogP contribution < -0.4 is 0 Å². The number of hydrogen-bond acceptors (Lipinski definition) is 6. The second kappa shape index (κ2) is 19.2. The largest absolute Gasteiger partial charge is 0.307 e. The average Bonchev–Trinajstić information content (AvgIpc) is 1.45. The molecule has 0 aliphatic carbocycles. The maximum absolute atomic E-state index is 13.1. The van der Waals surface area contributed by atoms with Crippen LogP contribution in [0.25, 0.3) is 144 Å². The SMILES string of the molecule is N#Cc1ccc2c(c1)c1ccccc1n2-c1c(C#N)c(-n2c3ccccc3c3cc(C#N)ccc32)c(-n2c3ccccc3c3cc(C#N)ccc32)c(-n2c3ccccc3c3cc(C#N)ccc32)c1-c1cc(-c2ccccc2)nc(-c2ccccc2)c1. The molecule has 0 spiro atoms. The van der Waals surface area contributed by atoms with Gasteiger partial charge in [0.05, 0.1) is 125 Å². The molecular weight excluding hydrogens is 1050 g/mol. The first-order valence-electron chi connectivity index (χ1n) is 28.0. The Kier molecular flexibility index (Phi) is 10.9. The molecule has 0 radical (unpaired) electrons. The zero-order chi connectivity index (χ0) is 57.7. The molecule has 0 fully saturated rings. The number of benzene rings is 11. The highest BCUT2D eigenvalue weighted by molar-refractivity contribution is 6.17. The minimum atomic E-state index is 0.309. The topological polar surface area (TPSA) is 152 Å². The Morgan fingerprint density at radius 3 is 0.895 bits per heavy atom. The predicted molar refractivity (Wildman–Crippen MR) is 341 cm³/mol. The predicted octanol–water partition coefficient (Wildman–Crippen LogP) is 17.8. The van der Waals surface area contributed by atoms with E-state index in [-0.39, 0.29) is 0 Å². The van der Waals surface area contributed by atoms with Crippen LogP contribution in [0.5, 0.6) is 0 Å². The zero-order valence-electron chi connectivity index (χ0n) is 45.6. The van der Waals surface area contributed by atoms with Crippen molar-refractivity contribution >= 4 is 87.2 Å². The standard InChI is InChI=1S/C76H40N10/c77-41-46-27-31-68-57(35-46)53-19-7-11-23-64(53)83(68)73-61(45-81)74(84-65-24-12-8-20-54(65)58-36-47(42-78)28-32-69(58)84)76(86-67-26-14-10-22-56(67)60-38-49(44-80)30-34-71(60)86)75(85-66-25-13-9-21-55(66)59-37-48(43-79)29-33-70(59)85)72(73)52-39-62(50-15-3-1-4-16-50)82-63(40-52)51-17-5-2-6-18-51/h1-40H. The summed E-state index contributed by atoms with van der Waals surface area (Å²) in [6, 6.07) is 93.0. The van der Waals surface area contributed by atoms with Crippen molar-refractivity contribution in [2.24, 2.45) is 0 Å². The van der Waals surface area contributed by atoms with E-state index in [9.17, 15) is 26.3 Å². The lowest BCUT2D eigenvalue weighted by Crippen LogP contribution is -2.16. The number of rotatable bonds is 7. The van der Waals surface area contributed by atoms with Crippen LogP contribution in [0.1, 0.15) is 27.8 Å². The molecule has 16 rings (SSSR count). The smallest absolute Gasteiger partial charge is 0.104 e. The van der Waals surface area contributed by atoms with Crippen LogP contribution in [0.3, 0.4) is 0 Å². The molecular formula is C76H40N10. The molecule has 0 atom stereocenters. The first kappa shape index (κ1) is 49.1. The Bertz CT molecular complexity index is 5780. The fourth-order valence-corrected chi connectivity index (χ4v) is 13.3. The van der Waals surface area contributed by atoms with Crippen molar-refractivity contribution in [3.63, 3.8) is 0 Å². The van der Waals surface area contributed by atoms with Crippen LogP contribution in [-0.4, -0.2) is 23.3 Å². The van der Waals surface area contributed by atoms with Crippen molar-refractivity contribution in [1.29, 1.82) is 26.3 Å². The summed E-state index contributed by atoms with van der Waals surface area (Å²) in [7, 11) is 0. The Balaban J connectivity index is 1.28. The van der Waals surface area contributed by atoms with Crippen molar-refractivity contribution in [2.45, 2.75) is 0 Å². The minimum Gasteiger partial charge on any atom is -0.307 e. The van der Waals surface area contributed by atoms with Gasteiger partial charge in [0.25, 0.3) is 0 Å². The van der Waals surface area contributed by atoms with Gasteiger partial charge in [0.1, 0.15) is 11.6 Å². The lowest BCUT2D eigenvalue weighted by Gasteiger charge is -2.29. The molecule has 394 valence electrons. The molecule has 0 amide bonds. The normalized spacial score (nSPS) is 11.4. The van der Waals surface area contributed by atoms with E-state index in [1.54, 1.807) is 0 Å². The number of nitrogens with zero attached hydrogens (tertiary/aromatic N) is 10. The van der Waals surface area contributed by atoms with Crippen molar-refractivity contribution in [2.75, 3.05) is 0 Å². The first-order valence-corrected chi connectivity index (χ1v) is 28.0. The third-order valence-corrected chi connectivity index (χ3v) is 16.9. The summed E-state index contributed by atoms with van der Waals surface area (Å²) in [6.07, 6.45) is 0. The highest BCUT2D eigenvalue weighted by Crippen LogP contribution is 2.53. The zero-order valence-corrected chi connectivity index (χ0v) is 45.6. The molecule has 0 saturated carbocycles. The van der Waals surface area contributed by atoms with Gasteiger partial charge < -0.3 is 18.3 Å². The van der Waals surface area contributed by atoms with Gasteiger partial charge in [-0.1, -0.05) is 133 Å². The summed E-state index contributed by atoms with van der Waals surface area (Å²) < 4.78 is 8.97. The van der Waals surface area contributed by atoms with E-state index in [1.807, 2.05) is 158 Å². The van der Waals surface area contributed by atoms with Gasteiger partial charge in [-0.05, 0) is 115 Å². The van der Waals surface area contributed by atoms with Crippen LogP contribution >= 0.6 is 0 Å². The van der Waals surface area contributed by atoms with Gasteiger partial charge in [-0.15, -0.1) is 0 Å². The lowest BCUT2D eigenvalue weighted by molar-refractivity contribution is 1.03. The van der Waals surface area contributed by atoms with E-state index in [2.05, 4.69) is 134 Å². The van der Waals surface area contributed by atoms with E-state index in [0.717, 1.165) is 104 Å². The number of pyridine rings is 1. The second-order valence-electron chi connectivity index (χ2n) is 21.4. The van der Waals surface area contributed by atoms with Crippen LogP contribution in [0.4, 0.5) is 0 Å². The molecule has 0 N–H and O–H groups in total. The van der Waals surface area contributed by atoms with E-state index >= 15 is 0 Å². The summed E-state index contributed by atoms with van der Waals surface area (Å²) in [5, 5.41) is 62.2. The molecule has 5 heterocycles. The second-order valence-corrected chi connectivity index (χ2v) is 21.4. The number of hydrogen-bond donors (Lipinski definition) is 0. The van der Waals surface area contributed by atoms with E-state index in [4.69, 9.17) is 4.98 Å². The summed E-state index contributed by atoms with van der Waals surface area (Å²) >= 11 is 0. The molecule has 0 unspecified atom stereocenters. The average molecular weight is 1090 g/mol. The van der Waals surface area contributed by atoms with Crippen molar-refractivity contribution in [1.82, 2.24) is 23.3 Å². The molecule has 10 nitrogen and oxygen atoms in total. The van der Waals surface area contributed by atoms with Gasteiger partial charge in [-0.25, -0.2) is 4.98 Å². The molecule has 16 aromatic rings. The molecule has 5 aromatic heterocycles. The Morgan fingerprint density at radius 2 is 0.547 bits per heavy atom. The third kappa shape index (κ3) is 7.18. The van der Waals surface area contributed by atoms with Crippen LogP contribution in [0, 0.1) is 56.7 Å². The molecule has 86 heavy (non-hydrogen) atoms. The number of para-hydroxylation sites is 4. The number of fused-ring (bicyclic) bond motifs is 12. The Morgan fingerprint density at radius 1 is 0.244 bits per heavy atom. The molecule has 0 saturated heterocycles. The molecule has 11 aromatic carbocycles. The number of aromatic nitrogens is 5. The van der Waals surface area contributed by atoms with Gasteiger partial charge in [0.2, 0.25) is 0 Å². The molecule has 0 bridgehead atoms. The lowest BCUT2D eigenvalue weighted by atomic mass is 9.91. The monoisotopic (exact) mass is 1090 g/mol. The Labute approximate surface area is 491 Å². The van der Waals surface area contributed by atoms with Crippen LogP contribution in [0.15, 0.2) is 243 Å². The molecule has 10 heteroatoms.